The number of ether oxygens (including phenoxy) is 2. The molecule has 2 atom stereocenters. The molecule has 0 radical (unpaired) electrons. The molecule has 4 rings (SSSR count). The summed E-state index contributed by atoms with van der Waals surface area (Å²) in [5.41, 5.74) is 1.83. The molecule has 1 aliphatic rings. The van der Waals surface area contributed by atoms with Gasteiger partial charge in [-0.15, -0.1) is 0 Å². The normalized spacial score (nSPS) is 18.3. The highest BCUT2D eigenvalue weighted by molar-refractivity contribution is 6.06. The van der Waals surface area contributed by atoms with Crippen molar-refractivity contribution in [3.63, 3.8) is 0 Å². The highest BCUT2D eigenvalue weighted by Crippen LogP contribution is 2.31. The van der Waals surface area contributed by atoms with Crippen LogP contribution in [0.3, 0.4) is 0 Å². The van der Waals surface area contributed by atoms with E-state index in [-0.39, 0.29) is 31.6 Å². The van der Waals surface area contributed by atoms with Crippen LogP contribution < -0.4 is 10.1 Å². The highest BCUT2D eigenvalue weighted by atomic mass is 16.5. The van der Waals surface area contributed by atoms with Gasteiger partial charge in [0, 0.05) is 25.1 Å². The molecule has 2 N–H and O–H groups in total. The number of carbonyl (C=O) groups is 2. The van der Waals surface area contributed by atoms with E-state index in [1.807, 2.05) is 29.9 Å². The summed E-state index contributed by atoms with van der Waals surface area (Å²) in [6, 6.07) is 13.6. The van der Waals surface area contributed by atoms with Crippen molar-refractivity contribution in [2.75, 3.05) is 25.6 Å². The van der Waals surface area contributed by atoms with Crippen LogP contribution >= 0.6 is 0 Å². The van der Waals surface area contributed by atoms with Crippen molar-refractivity contribution in [2.24, 2.45) is 7.05 Å². The molecule has 1 saturated heterocycles. The summed E-state index contributed by atoms with van der Waals surface area (Å²) in [5, 5.41) is 12.9. The van der Waals surface area contributed by atoms with E-state index in [2.05, 4.69) is 10.3 Å². The Morgan fingerprint density at radius 2 is 2.00 bits per heavy atom. The number of hydrogen-bond acceptors (Lipinski definition) is 6. The number of amides is 2. The second kappa shape index (κ2) is 9.85. The molecule has 1 aromatic heterocycles. The zero-order chi connectivity index (χ0) is 23.4. The number of nitrogens with one attached hydrogen (secondary N) is 1. The van der Waals surface area contributed by atoms with Gasteiger partial charge in [0.1, 0.15) is 24.3 Å². The van der Waals surface area contributed by atoms with Gasteiger partial charge >= 0.3 is 0 Å². The fourth-order valence-electron chi connectivity index (χ4n) is 3.91. The lowest BCUT2D eigenvalue weighted by molar-refractivity contribution is -0.162. The summed E-state index contributed by atoms with van der Waals surface area (Å²) in [7, 11) is 3.38. The Balaban J connectivity index is 1.49. The molecular formula is C24H26N4O5. The Hall–Kier alpha value is -3.69. The largest absolute Gasteiger partial charge is 0.496 e. The summed E-state index contributed by atoms with van der Waals surface area (Å²) in [6.07, 6.45) is 2.97. The van der Waals surface area contributed by atoms with Gasteiger partial charge in [-0.1, -0.05) is 24.3 Å². The Morgan fingerprint density at radius 3 is 2.67 bits per heavy atom. The average Bonchev–Trinajstić information content (AvgIpc) is 3.25. The smallest absolute Gasteiger partial charge is 0.259 e. The first-order valence-electron chi connectivity index (χ1n) is 10.5. The second-order valence-corrected chi connectivity index (χ2v) is 7.73. The van der Waals surface area contributed by atoms with Crippen molar-refractivity contribution in [3.8, 4) is 5.75 Å². The highest BCUT2D eigenvalue weighted by Gasteiger charge is 2.37. The number of hydrogen-bond donors (Lipinski definition) is 2. The number of para-hydroxylation sites is 1. The van der Waals surface area contributed by atoms with E-state index in [4.69, 9.17) is 9.47 Å². The molecule has 9 heteroatoms. The lowest BCUT2D eigenvalue weighted by Crippen LogP contribution is -2.52. The SMILES string of the molecule is COc1ccccc1C(=O)Nc1ccc([C@H]2OCC(=O)N(Cc3nccn3C)[C@@H]2CO)cc1. The van der Waals surface area contributed by atoms with Crippen LogP contribution in [0.1, 0.15) is 27.8 Å². The van der Waals surface area contributed by atoms with Gasteiger partial charge in [-0.2, -0.15) is 0 Å². The third kappa shape index (κ3) is 4.74. The summed E-state index contributed by atoms with van der Waals surface area (Å²) >= 11 is 0. The average molecular weight is 450 g/mol. The molecule has 2 amide bonds. The van der Waals surface area contributed by atoms with E-state index < -0.39 is 12.1 Å². The fraction of sp³-hybridized carbons (Fsp3) is 0.292. The molecular weight excluding hydrogens is 424 g/mol. The van der Waals surface area contributed by atoms with Crippen LogP contribution in [0.25, 0.3) is 0 Å². The molecule has 0 saturated carbocycles. The van der Waals surface area contributed by atoms with E-state index in [1.54, 1.807) is 47.5 Å². The van der Waals surface area contributed by atoms with Gasteiger partial charge in [-0.3, -0.25) is 9.59 Å². The van der Waals surface area contributed by atoms with Crippen molar-refractivity contribution in [2.45, 2.75) is 18.7 Å². The molecule has 0 aliphatic carbocycles. The van der Waals surface area contributed by atoms with Crippen LogP contribution in [-0.4, -0.2) is 57.7 Å². The zero-order valence-corrected chi connectivity index (χ0v) is 18.5. The maximum atomic E-state index is 12.6. The van der Waals surface area contributed by atoms with Gasteiger partial charge in [0.25, 0.3) is 5.91 Å². The quantitative estimate of drug-likeness (QED) is 0.571. The zero-order valence-electron chi connectivity index (χ0n) is 18.5. The van der Waals surface area contributed by atoms with E-state index >= 15 is 0 Å². The predicted molar refractivity (Wildman–Crippen MR) is 121 cm³/mol. The van der Waals surface area contributed by atoms with Crippen LogP contribution in [0.2, 0.25) is 0 Å². The minimum atomic E-state index is -0.558. The van der Waals surface area contributed by atoms with Crippen molar-refractivity contribution in [3.05, 3.63) is 77.9 Å². The lowest BCUT2D eigenvalue weighted by Gasteiger charge is -2.40. The number of benzene rings is 2. The maximum Gasteiger partial charge on any atom is 0.259 e. The van der Waals surface area contributed by atoms with E-state index in [0.29, 0.717) is 17.0 Å². The Morgan fingerprint density at radius 1 is 1.24 bits per heavy atom. The number of anilines is 1. The topological polar surface area (TPSA) is 106 Å². The molecule has 1 aliphatic heterocycles. The number of imidazole rings is 1. The van der Waals surface area contributed by atoms with Gasteiger partial charge in [0.05, 0.1) is 31.9 Å². The van der Waals surface area contributed by atoms with Crippen molar-refractivity contribution < 1.29 is 24.2 Å². The molecule has 1 fully saturated rings. The number of rotatable bonds is 7. The molecule has 3 aromatic rings. The van der Waals surface area contributed by atoms with Crippen molar-refractivity contribution in [1.82, 2.24) is 14.5 Å². The van der Waals surface area contributed by atoms with Crippen LogP contribution in [0.5, 0.6) is 5.75 Å². The minimum Gasteiger partial charge on any atom is -0.496 e. The number of nitrogens with zero attached hydrogens (tertiary/aromatic N) is 3. The molecule has 0 unspecified atom stereocenters. The Bertz CT molecular complexity index is 1130. The fourth-order valence-corrected chi connectivity index (χ4v) is 3.91. The molecule has 2 aromatic carbocycles. The van der Waals surface area contributed by atoms with E-state index in [0.717, 1.165) is 11.4 Å². The number of aromatic nitrogens is 2. The Kier molecular flexibility index (Phi) is 6.71. The van der Waals surface area contributed by atoms with Crippen LogP contribution in [-0.2, 0) is 23.1 Å². The van der Waals surface area contributed by atoms with Gasteiger partial charge in [0.2, 0.25) is 5.91 Å². The monoisotopic (exact) mass is 450 g/mol. The number of aryl methyl sites for hydroxylation is 1. The number of morpholine rings is 1. The lowest BCUT2D eigenvalue weighted by atomic mass is 9.99. The number of aliphatic hydroxyl groups excluding tert-OH is 1. The standard InChI is InChI=1S/C24H26N4O5/c1-27-12-11-25-21(27)13-28-19(14-29)23(33-15-22(28)30)16-7-9-17(10-8-16)26-24(31)18-5-3-4-6-20(18)32-2/h3-12,19,23,29H,13-15H2,1-2H3,(H,26,31)/t19-,23-/m1/s1. The van der Waals surface area contributed by atoms with Crippen LogP contribution in [0.15, 0.2) is 60.9 Å². The second-order valence-electron chi connectivity index (χ2n) is 7.73. The van der Waals surface area contributed by atoms with Crippen LogP contribution in [0, 0.1) is 0 Å². The minimum absolute atomic E-state index is 0.0854. The van der Waals surface area contributed by atoms with Gasteiger partial charge < -0.3 is 29.4 Å². The summed E-state index contributed by atoms with van der Waals surface area (Å²) in [6.45, 7) is -0.0640. The summed E-state index contributed by atoms with van der Waals surface area (Å²) in [5.74, 6) is 0.727. The summed E-state index contributed by atoms with van der Waals surface area (Å²) in [4.78, 5) is 31.1. The number of aliphatic hydroxyl groups is 1. The Labute approximate surface area is 191 Å². The van der Waals surface area contributed by atoms with E-state index in [9.17, 15) is 14.7 Å². The van der Waals surface area contributed by atoms with E-state index in [1.165, 1.54) is 7.11 Å². The first-order chi connectivity index (χ1) is 16.0. The maximum absolute atomic E-state index is 12.6. The summed E-state index contributed by atoms with van der Waals surface area (Å²) < 4.78 is 12.9. The number of methoxy groups -OCH3 is 1. The number of carbonyl (C=O) groups excluding carboxylic acids is 2. The predicted octanol–water partition coefficient (Wildman–Crippen LogP) is 2.14. The third-order valence-corrected chi connectivity index (χ3v) is 5.72. The third-order valence-electron chi connectivity index (χ3n) is 5.72. The van der Waals surface area contributed by atoms with Gasteiger partial charge in [-0.25, -0.2) is 4.98 Å². The molecule has 172 valence electrons. The molecule has 0 bridgehead atoms. The van der Waals surface area contributed by atoms with Crippen molar-refractivity contribution in [1.29, 1.82) is 0 Å². The van der Waals surface area contributed by atoms with Crippen LogP contribution in [0.4, 0.5) is 5.69 Å². The molecule has 0 spiro atoms. The van der Waals surface area contributed by atoms with Gasteiger partial charge in [0.15, 0.2) is 0 Å². The first kappa shape index (κ1) is 22.5. The molecule has 33 heavy (non-hydrogen) atoms. The first-order valence-corrected chi connectivity index (χ1v) is 10.5. The molecule has 9 nitrogen and oxygen atoms in total. The molecule has 2 heterocycles. The van der Waals surface area contributed by atoms with Gasteiger partial charge in [-0.05, 0) is 29.8 Å². The van der Waals surface area contributed by atoms with Crippen molar-refractivity contribution >= 4 is 17.5 Å².